The van der Waals surface area contributed by atoms with Gasteiger partial charge in [0.2, 0.25) is 0 Å². The molecule has 0 aromatic heterocycles. The molecule has 0 saturated heterocycles. The second-order valence-corrected chi connectivity index (χ2v) is 0.365. The summed E-state index contributed by atoms with van der Waals surface area (Å²) in [6.07, 6.45) is 0. The molecule has 1 heteroatoms. The Morgan fingerprint density at radius 2 is 2.00 bits per heavy atom. The topological polar surface area (TPSA) is 12.8 Å². The van der Waals surface area contributed by atoms with E-state index in [0.717, 1.165) is 0 Å². The van der Waals surface area contributed by atoms with Crippen LogP contribution < -0.4 is 0 Å². The summed E-state index contributed by atoms with van der Waals surface area (Å²) < 4.78 is 3.25. The van der Waals surface area contributed by atoms with E-state index in [1.807, 2.05) is 0 Å². The van der Waals surface area contributed by atoms with Gasteiger partial charge in [-0.2, -0.15) is 0 Å². The van der Waals surface area contributed by atoms with Gasteiger partial charge in [-0.05, 0) is 7.11 Å². The minimum atomic E-state index is 1.39. The van der Waals surface area contributed by atoms with Gasteiger partial charge in [0, 0.05) is 0 Å². The van der Waals surface area contributed by atoms with Crippen LogP contribution in [0, 0.1) is 20.6 Å². The summed E-state index contributed by atoms with van der Waals surface area (Å²) in [7, 11) is 3.11. The Hall–Kier alpha value is -0.170. The molecule has 0 amide bonds. The Balaban J connectivity index is 1.97. The van der Waals surface area contributed by atoms with Crippen molar-refractivity contribution in [2.24, 2.45) is 0 Å². The van der Waals surface area contributed by atoms with Crippen molar-refractivity contribution in [3.05, 3.63) is 20.6 Å². The highest BCUT2D eigenvalue weighted by Crippen LogP contribution is 1.58. The van der Waals surface area contributed by atoms with Gasteiger partial charge in [-0.25, -0.2) is 0 Å². The minimum absolute atomic E-state index is 1.39. The van der Waals surface area contributed by atoms with Crippen molar-refractivity contribution in [3.8, 4) is 0 Å². The standard InChI is InChI=1S/C3H6O/c1-3-4-2/h3-4H,1-2H2. The van der Waals surface area contributed by atoms with E-state index in [0.29, 0.717) is 0 Å². The predicted molar refractivity (Wildman–Crippen MR) is 16.9 cm³/mol. The van der Waals surface area contributed by atoms with Gasteiger partial charge >= 0.3 is 0 Å². The number of hydrogen-bond donors (Lipinski definition) is 0. The van der Waals surface area contributed by atoms with Crippen LogP contribution in [0.25, 0.3) is 0 Å². The van der Waals surface area contributed by atoms with Gasteiger partial charge < -0.3 is 4.74 Å². The quantitative estimate of drug-likeness (QED) is 0.310. The van der Waals surface area contributed by atoms with Crippen LogP contribution >= 0.6 is 0 Å². The second kappa shape index (κ2) is 2.83. The molecule has 0 radical (unpaired) electrons. The van der Waals surface area contributed by atoms with E-state index in [9.17, 15) is 0 Å². The number of ether oxygens (including phenoxy) is 1. The first kappa shape index (κ1) is 3.83. The molecule has 0 aliphatic rings. The summed E-state index contributed by atoms with van der Waals surface area (Å²) in [6.45, 7) is 4.64. The van der Waals surface area contributed by atoms with E-state index in [1.54, 1.807) is 0 Å². The highest BCUT2D eigenvalue weighted by molar-refractivity contribution is 4.44. The lowest BCUT2D eigenvalue weighted by Crippen LogP contribution is -1.69. The molecule has 0 fully saturated rings. The van der Waals surface area contributed by atoms with Gasteiger partial charge in [0.1, 0.15) is 0 Å². The molecule has 0 rings (SSSR count). The van der Waals surface area contributed by atoms with Crippen molar-refractivity contribution in [3.63, 3.8) is 0 Å². The van der Waals surface area contributed by atoms with Gasteiger partial charge in [0.25, 0.3) is 0 Å². The molecule has 1 nitrogen and oxygen atoms in total. The first-order valence-electron chi connectivity index (χ1n) is 0.983. The molecule has 0 spiro atoms. The minimum Gasteiger partial charge on any atom is -0.412 e. The Labute approximate surface area is 26.6 Å². The van der Waals surface area contributed by atoms with E-state index in [-0.39, 0.29) is 0 Å². The lowest BCUT2D eigenvalue weighted by molar-refractivity contribution is 0.142. The van der Waals surface area contributed by atoms with Crippen LogP contribution in [0.15, 0.2) is 0 Å². The summed E-state index contributed by atoms with van der Waals surface area (Å²) in [5, 5.41) is 0. The van der Waals surface area contributed by atoms with Crippen LogP contribution in [0.1, 0.15) is 0 Å². The Bertz CT molecular complexity index is 5.25. The normalized spacial score (nSPS) is 6.50. The van der Waals surface area contributed by atoms with E-state index in [4.69, 9.17) is 0 Å². The molecule has 1 N–H and O–H groups in total. The van der Waals surface area contributed by atoms with Crippen molar-refractivity contribution in [2.75, 3.05) is 0 Å². The molecule has 0 aromatic carbocycles. The summed E-state index contributed by atoms with van der Waals surface area (Å²) >= 11 is 0. The van der Waals surface area contributed by atoms with E-state index in [1.165, 1.54) is 6.61 Å². The number of hydrogen-bond acceptors (Lipinski definition) is 0. The van der Waals surface area contributed by atoms with Crippen LogP contribution in [0.3, 0.4) is 0 Å². The molecule has 0 unspecified atom stereocenters. The van der Waals surface area contributed by atoms with Crippen molar-refractivity contribution in [1.82, 2.24) is 0 Å². The largest absolute Gasteiger partial charge is 0.412 e. The zero-order valence-electron chi connectivity index (χ0n) is 2.44. The maximum Gasteiger partial charge on any atom is 0.162 e. The van der Waals surface area contributed by atoms with Gasteiger partial charge in [0.05, 0.1) is 0 Å². The molecule has 0 atom stereocenters. The Morgan fingerprint density at radius 3 is 2.00 bits per heavy atom. The number of aliphatic hydroxyl groups is 2. The van der Waals surface area contributed by atoms with E-state index < -0.39 is 0 Å². The maximum absolute atomic E-state index is 3.25. The average Bonchev–Trinajstić information content (AvgIpc) is 1.37. The highest BCUT2D eigenvalue weighted by atomic mass is 16.5. The van der Waals surface area contributed by atoms with Crippen LogP contribution in [0.4, 0.5) is 0 Å². The van der Waals surface area contributed by atoms with Gasteiger partial charge in [0.15, 0.2) is 6.61 Å². The summed E-state index contributed by atoms with van der Waals surface area (Å²) in [4.78, 5) is 0. The number of rotatable bonds is 1. The lowest BCUT2D eigenvalue weighted by atomic mass is 10.9. The zero-order chi connectivity index (χ0) is 3.41. The molecular weight excluding hydrogens is 52.0 g/mol. The fraction of sp³-hybridized carbons (Fsp3) is 0. The molecule has 0 bridgehead atoms. The lowest BCUT2D eigenvalue weighted by Gasteiger charge is -1.75. The van der Waals surface area contributed by atoms with Crippen LogP contribution in [0.5, 0.6) is 0 Å². The van der Waals surface area contributed by atoms with Crippen molar-refractivity contribution < 1.29 is 4.74 Å². The van der Waals surface area contributed by atoms with Crippen molar-refractivity contribution >= 4 is 0 Å². The first-order chi connectivity index (χ1) is 1.91. The molecule has 24 valence electrons. The molecule has 0 saturated carbocycles. The Morgan fingerprint density at radius 1 is 1.75 bits per heavy atom. The third-order valence-electron chi connectivity index (χ3n) is 0.129. The SMILES string of the molecule is [CH2-][CH+][OH+][CH2-]. The average molecular weight is 58.1 g/mol. The first-order valence-corrected chi connectivity index (χ1v) is 0.983. The smallest absolute Gasteiger partial charge is 0.162 e. The van der Waals surface area contributed by atoms with Gasteiger partial charge in [-0.1, -0.05) is 6.92 Å². The van der Waals surface area contributed by atoms with Crippen LogP contribution in [0.2, 0.25) is 0 Å². The van der Waals surface area contributed by atoms with Crippen LogP contribution in [-0.2, 0) is 0 Å². The molecule has 4 heavy (non-hydrogen) atoms. The fourth-order valence-corrected chi connectivity index (χ4v) is 0. The molecule has 0 heterocycles. The van der Waals surface area contributed by atoms with Crippen LogP contribution in [-0.4, -0.2) is 4.74 Å². The highest BCUT2D eigenvalue weighted by Gasteiger charge is 1.54. The van der Waals surface area contributed by atoms with Gasteiger partial charge in [-0.3, -0.25) is 0 Å². The summed E-state index contributed by atoms with van der Waals surface area (Å²) in [5.41, 5.74) is 0. The third kappa shape index (κ3) is 1.83. The molecular formula is C3H6O. The van der Waals surface area contributed by atoms with E-state index >= 15 is 0 Å². The van der Waals surface area contributed by atoms with Crippen molar-refractivity contribution in [1.29, 1.82) is 0 Å². The second-order valence-electron chi connectivity index (χ2n) is 0.365. The summed E-state index contributed by atoms with van der Waals surface area (Å²) in [6, 6.07) is 0. The molecule has 0 aliphatic heterocycles. The van der Waals surface area contributed by atoms with E-state index in [2.05, 4.69) is 18.8 Å². The maximum atomic E-state index is 3.25. The zero-order valence-corrected chi connectivity index (χ0v) is 2.44. The summed E-state index contributed by atoms with van der Waals surface area (Å²) in [5.74, 6) is 0. The monoisotopic (exact) mass is 58.0 g/mol. The third-order valence-corrected chi connectivity index (χ3v) is 0.129. The molecule has 0 aliphatic carbocycles. The predicted octanol–water partition coefficient (Wildman–Crippen LogP) is 0.682. The fourth-order valence-electron chi connectivity index (χ4n) is 0. The van der Waals surface area contributed by atoms with Gasteiger partial charge in [-0.15, -0.1) is 0 Å². The Kier molecular flexibility index (Phi) is 2.71. The molecule has 0 aromatic rings. The van der Waals surface area contributed by atoms with Crippen molar-refractivity contribution in [2.45, 2.75) is 0 Å².